The summed E-state index contributed by atoms with van der Waals surface area (Å²) in [6.07, 6.45) is 3.91. The molecule has 0 spiro atoms. The van der Waals surface area contributed by atoms with Gasteiger partial charge in [0.1, 0.15) is 6.26 Å². The molecule has 0 aromatic carbocycles. The minimum atomic E-state index is 0. The van der Waals surface area contributed by atoms with E-state index in [0.29, 0.717) is 12.0 Å². The Morgan fingerprint density at radius 2 is 2.25 bits per heavy atom. The average Bonchev–Trinajstić information content (AvgIpc) is 2.29. The van der Waals surface area contributed by atoms with E-state index in [2.05, 4.69) is 5.16 Å². The molecule has 2 rings (SSSR count). The highest BCUT2D eigenvalue weighted by Crippen LogP contribution is 2.36. The van der Waals surface area contributed by atoms with E-state index in [4.69, 9.17) is 10.3 Å². The van der Waals surface area contributed by atoms with E-state index in [1.54, 1.807) is 6.26 Å². The number of hydrogen-bond donors (Lipinski definition) is 1. The summed E-state index contributed by atoms with van der Waals surface area (Å²) < 4.78 is 4.85. The van der Waals surface area contributed by atoms with Crippen LogP contribution in [0.3, 0.4) is 0 Å². The first-order chi connectivity index (χ1) is 5.27. The summed E-state index contributed by atoms with van der Waals surface area (Å²) in [7, 11) is 0. The van der Waals surface area contributed by atoms with Crippen LogP contribution in [0.2, 0.25) is 0 Å². The lowest BCUT2D eigenvalue weighted by molar-refractivity contribution is 0.347. The molecule has 0 amide bonds. The van der Waals surface area contributed by atoms with Gasteiger partial charge in [-0.15, -0.1) is 12.4 Å². The molecule has 0 bridgehead atoms. The molecule has 3 nitrogen and oxygen atoms in total. The second-order valence-corrected chi connectivity index (χ2v) is 3.28. The minimum absolute atomic E-state index is 0. The van der Waals surface area contributed by atoms with Gasteiger partial charge in [-0.3, -0.25) is 0 Å². The molecule has 2 N–H and O–H groups in total. The fourth-order valence-corrected chi connectivity index (χ4v) is 1.61. The van der Waals surface area contributed by atoms with Gasteiger partial charge in [-0.05, 0) is 25.7 Å². The monoisotopic (exact) mass is 188 g/mol. The zero-order valence-corrected chi connectivity index (χ0v) is 7.80. The molecule has 1 aliphatic carbocycles. The molecule has 0 saturated heterocycles. The van der Waals surface area contributed by atoms with E-state index in [0.717, 1.165) is 18.5 Å². The number of nitrogens with two attached hydrogens (primary N) is 1. The molecule has 4 heteroatoms. The van der Waals surface area contributed by atoms with Crippen molar-refractivity contribution < 1.29 is 4.52 Å². The summed E-state index contributed by atoms with van der Waals surface area (Å²) in [5.41, 5.74) is 7.93. The molecule has 0 aliphatic heterocycles. The van der Waals surface area contributed by atoms with E-state index in [1.807, 2.05) is 6.92 Å². The molecular formula is C8H13ClN2O. The van der Waals surface area contributed by atoms with Crippen molar-refractivity contribution in [2.75, 3.05) is 0 Å². The van der Waals surface area contributed by atoms with E-state index >= 15 is 0 Å². The highest BCUT2D eigenvalue weighted by Gasteiger charge is 2.29. The van der Waals surface area contributed by atoms with Crippen LogP contribution < -0.4 is 5.73 Å². The Labute approximate surface area is 77.7 Å². The highest BCUT2D eigenvalue weighted by atomic mass is 35.5. The highest BCUT2D eigenvalue weighted by molar-refractivity contribution is 5.85. The number of hydrogen-bond acceptors (Lipinski definition) is 3. The Morgan fingerprint density at radius 1 is 1.58 bits per heavy atom. The van der Waals surface area contributed by atoms with Crippen LogP contribution in [0, 0.1) is 6.92 Å². The molecule has 1 saturated carbocycles. The number of halogens is 1. The summed E-state index contributed by atoms with van der Waals surface area (Å²) in [5, 5.41) is 3.83. The van der Waals surface area contributed by atoms with Gasteiger partial charge in [-0.25, -0.2) is 0 Å². The molecule has 1 aromatic rings. The van der Waals surface area contributed by atoms with E-state index < -0.39 is 0 Å². The van der Waals surface area contributed by atoms with Gasteiger partial charge in [0.05, 0.1) is 5.69 Å². The quantitative estimate of drug-likeness (QED) is 0.729. The maximum atomic E-state index is 5.67. The van der Waals surface area contributed by atoms with E-state index in [1.165, 1.54) is 5.56 Å². The first-order valence-electron chi connectivity index (χ1n) is 3.94. The van der Waals surface area contributed by atoms with Crippen LogP contribution >= 0.6 is 12.4 Å². The molecule has 0 atom stereocenters. The van der Waals surface area contributed by atoms with Crippen LogP contribution in [-0.2, 0) is 0 Å². The predicted octanol–water partition coefficient (Wildman–Crippen LogP) is 1.61. The Kier molecular flexibility index (Phi) is 2.75. The third-order valence-corrected chi connectivity index (χ3v) is 2.40. The van der Waals surface area contributed by atoms with E-state index in [9.17, 15) is 0 Å². The van der Waals surface area contributed by atoms with Crippen LogP contribution in [0.1, 0.15) is 30.0 Å². The zero-order chi connectivity index (χ0) is 7.84. The van der Waals surface area contributed by atoms with Crippen LogP contribution in [-0.4, -0.2) is 11.2 Å². The maximum absolute atomic E-state index is 5.67. The first-order valence-corrected chi connectivity index (χ1v) is 3.94. The van der Waals surface area contributed by atoms with Gasteiger partial charge in [-0.1, -0.05) is 5.16 Å². The van der Waals surface area contributed by atoms with Crippen molar-refractivity contribution in [1.82, 2.24) is 5.16 Å². The Bertz CT molecular complexity index is 255. The molecule has 1 fully saturated rings. The molecule has 1 aromatic heterocycles. The number of aromatic nitrogens is 1. The van der Waals surface area contributed by atoms with Gasteiger partial charge in [0, 0.05) is 11.6 Å². The van der Waals surface area contributed by atoms with E-state index in [-0.39, 0.29) is 12.4 Å². The normalized spacial score (nSPS) is 27.5. The summed E-state index contributed by atoms with van der Waals surface area (Å²) in [4.78, 5) is 0. The number of nitrogens with zero attached hydrogens (tertiary/aromatic N) is 1. The van der Waals surface area contributed by atoms with Crippen molar-refractivity contribution in [2.24, 2.45) is 5.73 Å². The van der Waals surface area contributed by atoms with Gasteiger partial charge in [-0.2, -0.15) is 0 Å². The lowest BCUT2D eigenvalue weighted by Gasteiger charge is -2.31. The first kappa shape index (κ1) is 9.55. The lowest BCUT2D eigenvalue weighted by atomic mass is 9.77. The molecule has 1 heterocycles. The van der Waals surface area contributed by atoms with Gasteiger partial charge in [0.2, 0.25) is 0 Å². The Balaban J connectivity index is 0.000000720. The topological polar surface area (TPSA) is 52.0 Å². The van der Waals surface area contributed by atoms with Crippen molar-refractivity contribution in [2.45, 2.75) is 31.7 Å². The van der Waals surface area contributed by atoms with Crippen LogP contribution in [0.15, 0.2) is 10.8 Å². The standard InChI is InChI=1S/C8H12N2O.ClH/c1-5-8(4-11-10-5)6-2-7(9)3-6;/h4,6-7H,2-3,9H2,1H3;1H. The van der Waals surface area contributed by atoms with Crippen molar-refractivity contribution in [1.29, 1.82) is 0 Å². The second kappa shape index (κ2) is 3.46. The zero-order valence-electron chi connectivity index (χ0n) is 6.99. The molecule has 0 radical (unpaired) electrons. The van der Waals surface area contributed by atoms with Crippen LogP contribution in [0.25, 0.3) is 0 Å². The third kappa shape index (κ3) is 1.47. The summed E-state index contributed by atoms with van der Waals surface area (Å²) >= 11 is 0. The number of rotatable bonds is 1. The molecule has 68 valence electrons. The molecule has 0 unspecified atom stereocenters. The summed E-state index contributed by atoms with van der Waals surface area (Å²) in [5.74, 6) is 0.608. The number of aryl methyl sites for hydroxylation is 1. The Morgan fingerprint density at radius 3 is 2.67 bits per heavy atom. The van der Waals surface area contributed by atoms with Gasteiger partial charge < -0.3 is 10.3 Å². The van der Waals surface area contributed by atoms with Crippen molar-refractivity contribution in [3.63, 3.8) is 0 Å². The molecule has 12 heavy (non-hydrogen) atoms. The van der Waals surface area contributed by atoms with Crippen LogP contribution in [0.5, 0.6) is 0 Å². The van der Waals surface area contributed by atoms with Gasteiger partial charge >= 0.3 is 0 Å². The fraction of sp³-hybridized carbons (Fsp3) is 0.625. The predicted molar refractivity (Wildman–Crippen MR) is 48.4 cm³/mol. The third-order valence-electron chi connectivity index (χ3n) is 2.40. The summed E-state index contributed by atoms with van der Waals surface area (Å²) in [6.45, 7) is 1.97. The second-order valence-electron chi connectivity index (χ2n) is 3.28. The van der Waals surface area contributed by atoms with Gasteiger partial charge in [0.25, 0.3) is 0 Å². The lowest BCUT2D eigenvalue weighted by Crippen LogP contribution is -2.34. The Hall–Kier alpha value is -0.540. The smallest absolute Gasteiger partial charge is 0.127 e. The van der Waals surface area contributed by atoms with Crippen molar-refractivity contribution in [3.05, 3.63) is 17.5 Å². The molecular weight excluding hydrogens is 176 g/mol. The van der Waals surface area contributed by atoms with Crippen molar-refractivity contribution >= 4 is 12.4 Å². The molecule has 1 aliphatic rings. The van der Waals surface area contributed by atoms with Crippen molar-refractivity contribution in [3.8, 4) is 0 Å². The largest absolute Gasteiger partial charge is 0.364 e. The SMILES string of the molecule is Cc1nocc1C1CC(N)C1.Cl. The average molecular weight is 189 g/mol. The van der Waals surface area contributed by atoms with Crippen LogP contribution in [0.4, 0.5) is 0 Å². The fourth-order valence-electron chi connectivity index (χ4n) is 1.61. The summed E-state index contributed by atoms with van der Waals surface area (Å²) in [6, 6.07) is 0.397. The maximum Gasteiger partial charge on any atom is 0.127 e. The van der Waals surface area contributed by atoms with Gasteiger partial charge in [0.15, 0.2) is 0 Å². The minimum Gasteiger partial charge on any atom is -0.364 e.